The summed E-state index contributed by atoms with van der Waals surface area (Å²) >= 11 is 0. The predicted octanol–water partition coefficient (Wildman–Crippen LogP) is 4.91. The van der Waals surface area contributed by atoms with Crippen LogP contribution in [0.3, 0.4) is 0 Å². The molecule has 6 heteroatoms. The number of aryl methyl sites for hydroxylation is 2. The standard InChI is InChI=1S/C18H14F4O2/c1-11-9-13(5-7-15(11)23-17(19)20)3-4-14-6-8-16(12(2)10-14)24-18(21)22/h5-10,17-18H,1-2H3. The van der Waals surface area contributed by atoms with Gasteiger partial charge in [-0.25, -0.2) is 0 Å². The van der Waals surface area contributed by atoms with Crippen LogP contribution in [0.5, 0.6) is 11.5 Å². The predicted molar refractivity (Wildman–Crippen MR) is 81.6 cm³/mol. The van der Waals surface area contributed by atoms with Gasteiger partial charge < -0.3 is 9.47 Å². The molecule has 24 heavy (non-hydrogen) atoms. The topological polar surface area (TPSA) is 18.5 Å². The van der Waals surface area contributed by atoms with Crippen LogP contribution in [-0.2, 0) is 0 Å². The molecule has 2 rings (SSSR count). The molecule has 2 aromatic rings. The maximum Gasteiger partial charge on any atom is 0.387 e. The van der Waals surface area contributed by atoms with E-state index in [1.165, 1.54) is 12.1 Å². The molecule has 0 heterocycles. The fourth-order valence-electron chi connectivity index (χ4n) is 2.06. The molecule has 0 spiro atoms. The van der Waals surface area contributed by atoms with E-state index in [4.69, 9.17) is 0 Å². The van der Waals surface area contributed by atoms with Crippen LogP contribution in [-0.4, -0.2) is 13.2 Å². The third kappa shape index (κ3) is 4.92. The highest BCUT2D eigenvalue weighted by Gasteiger charge is 2.08. The van der Waals surface area contributed by atoms with E-state index in [1.807, 2.05) is 0 Å². The van der Waals surface area contributed by atoms with Gasteiger partial charge in [-0.15, -0.1) is 0 Å². The van der Waals surface area contributed by atoms with Crippen LogP contribution < -0.4 is 9.47 Å². The first-order valence-corrected chi connectivity index (χ1v) is 6.98. The molecule has 0 bridgehead atoms. The van der Waals surface area contributed by atoms with Gasteiger partial charge in [-0.3, -0.25) is 0 Å². The smallest absolute Gasteiger partial charge is 0.387 e. The zero-order valence-corrected chi connectivity index (χ0v) is 12.9. The zero-order valence-electron chi connectivity index (χ0n) is 12.9. The van der Waals surface area contributed by atoms with Crippen LogP contribution in [0.1, 0.15) is 22.3 Å². The molecule has 0 N–H and O–H groups in total. The van der Waals surface area contributed by atoms with Crippen LogP contribution in [0, 0.1) is 25.7 Å². The minimum atomic E-state index is -2.88. The fraction of sp³-hybridized carbons (Fsp3) is 0.222. The number of halogens is 4. The highest BCUT2D eigenvalue weighted by atomic mass is 19.3. The van der Waals surface area contributed by atoms with Crippen molar-refractivity contribution in [1.29, 1.82) is 0 Å². The highest BCUT2D eigenvalue weighted by molar-refractivity contribution is 5.49. The summed E-state index contributed by atoms with van der Waals surface area (Å²) in [6, 6.07) is 9.25. The lowest BCUT2D eigenvalue weighted by Gasteiger charge is -2.08. The first-order chi connectivity index (χ1) is 11.3. The van der Waals surface area contributed by atoms with E-state index in [9.17, 15) is 17.6 Å². The fourth-order valence-corrected chi connectivity index (χ4v) is 2.06. The van der Waals surface area contributed by atoms with Gasteiger partial charge in [0, 0.05) is 11.1 Å². The van der Waals surface area contributed by atoms with Gasteiger partial charge in [0.05, 0.1) is 0 Å². The van der Waals surface area contributed by atoms with E-state index in [-0.39, 0.29) is 11.5 Å². The van der Waals surface area contributed by atoms with Crippen LogP contribution in [0.2, 0.25) is 0 Å². The normalized spacial score (nSPS) is 10.5. The lowest BCUT2D eigenvalue weighted by molar-refractivity contribution is -0.0509. The SMILES string of the molecule is Cc1cc(C#Cc2ccc(OC(F)F)c(C)c2)ccc1OC(F)F. The molecule has 0 aliphatic rings. The molecule has 0 aromatic heterocycles. The third-order valence-corrected chi connectivity index (χ3v) is 3.13. The van der Waals surface area contributed by atoms with Crippen LogP contribution >= 0.6 is 0 Å². The van der Waals surface area contributed by atoms with E-state index in [2.05, 4.69) is 21.3 Å². The molecular weight excluding hydrogens is 324 g/mol. The summed E-state index contributed by atoms with van der Waals surface area (Å²) in [6.45, 7) is -2.47. The molecule has 2 aromatic carbocycles. The molecule has 0 unspecified atom stereocenters. The van der Waals surface area contributed by atoms with E-state index >= 15 is 0 Å². The molecule has 0 saturated heterocycles. The number of rotatable bonds is 4. The summed E-state index contributed by atoms with van der Waals surface area (Å²) in [6.07, 6.45) is 0. The summed E-state index contributed by atoms with van der Waals surface area (Å²) in [7, 11) is 0. The average molecular weight is 338 g/mol. The summed E-state index contributed by atoms with van der Waals surface area (Å²) in [5.74, 6) is 5.97. The molecule has 0 aliphatic heterocycles. The molecule has 126 valence electrons. The second-order valence-electron chi connectivity index (χ2n) is 4.97. The number of benzene rings is 2. The summed E-state index contributed by atoms with van der Waals surface area (Å²) in [4.78, 5) is 0. The Labute approximate surface area is 137 Å². The lowest BCUT2D eigenvalue weighted by Crippen LogP contribution is -2.03. The van der Waals surface area contributed by atoms with Crippen molar-refractivity contribution in [1.82, 2.24) is 0 Å². The van der Waals surface area contributed by atoms with Gasteiger partial charge in [-0.05, 0) is 61.4 Å². The Morgan fingerprint density at radius 1 is 0.708 bits per heavy atom. The van der Waals surface area contributed by atoms with Gasteiger partial charge in [-0.1, -0.05) is 11.8 Å². The maximum absolute atomic E-state index is 12.2. The molecule has 0 amide bonds. The van der Waals surface area contributed by atoms with Crippen molar-refractivity contribution in [3.8, 4) is 23.3 Å². The van der Waals surface area contributed by atoms with Gasteiger partial charge in [0.1, 0.15) is 11.5 Å². The molecule has 0 fully saturated rings. The van der Waals surface area contributed by atoms with Crippen molar-refractivity contribution in [2.24, 2.45) is 0 Å². The second-order valence-corrected chi connectivity index (χ2v) is 4.97. The van der Waals surface area contributed by atoms with E-state index < -0.39 is 13.2 Å². The Kier molecular flexibility index (Phi) is 5.69. The molecule has 2 nitrogen and oxygen atoms in total. The zero-order chi connectivity index (χ0) is 17.7. The van der Waals surface area contributed by atoms with Crippen LogP contribution in [0.25, 0.3) is 0 Å². The first-order valence-electron chi connectivity index (χ1n) is 6.98. The Balaban J connectivity index is 2.18. The number of hydrogen-bond acceptors (Lipinski definition) is 2. The first kappa shape index (κ1) is 17.7. The molecule has 0 atom stereocenters. The minimum Gasteiger partial charge on any atom is -0.435 e. The second kappa shape index (κ2) is 7.73. The van der Waals surface area contributed by atoms with Crippen LogP contribution in [0.15, 0.2) is 36.4 Å². The molecule has 0 saturated carbocycles. The van der Waals surface area contributed by atoms with Gasteiger partial charge in [0.2, 0.25) is 0 Å². The van der Waals surface area contributed by atoms with E-state index in [0.717, 1.165) is 0 Å². The summed E-state index contributed by atoms with van der Waals surface area (Å²) in [5, 5.41) is 0. The van der Waals surface area contributed by atoms with Gasteiger partial charge in [0.15, 0.2) is 0 Å². The number of ether oxygens (including phenoxy) is 2. The van der Waals surface area contributed by atoms with Crippen LogP contribution in [0.4, 0.5) is 17.6 Å². The van der Waals surface area contributed by atoms with Crippen molar-refractivity contribution in [3.63, 3.8) is 0 Å². The minimum absolute atomic E-state index is 0.0971. The summed E-state index contributed by atoms with van der Waals surface area (Å²) < 4.78 is 57.6. The largest absolute Gasteiger partial charge is 0.435 e. The van der Waals surface area contributed by atoms with Crippen molar-refractivity contribution in [2.45, 2.75) is 27.1 Å². The number of alkyl halides is 4. The van der Waals surface area contributed by atoms with Crippen molar-refractivity contribution >= 4 is 0 Å². The Morgan fingerprint density at radius 2 is 1.08 bits per heavy atom. The number of hydrogen-bond donors (Lipinski definition) is 0. The third-order valence-electron chi connectivity index (χ3n) is 3.13. The Hall–Kier alpha value is -2.68. The maximum atomic E-state index is 12.2. The van der Waals surface area contributed by atoms with E-state index in [0.29, 0.717) is 22.3 Å². The average Bonchev–Trinajstić information content (AvgIpc) is 2.49. The highest BCUT2D eigenvalue weighted by Crippen LogP contribution is 2.22. The Bertz CT molecular complexity index is 713. The summed E-state index contributed by atoms with van der Waals surface area (Å²) in [5.41, 5.74) is 2.33. The van der Waals surface area contributed by atoms with Crippen molar-refractivity contribution in [2.75, 3.05) is 0 Å². The quantitative estimate of drug-likeness (QED) is 0.583. The molecular formula is C18H14F4O2. The Morgan fingerprint density at radius 3 is 1.38 bits per heavy atom. The van der Waals surface area contributed by atoms with Gasteiger partial charge in [0.25, 0.3) is 0 Å². The lowest BCUT2D eigenvalue weighted by atomic mass is 10.1. The van der Waals surface area contributed by atoms with E-state index in [1.54, 1.807) is 38.1 Å². The van der Waals surface area contributed by atoms with Gasteiger partial charge >= 0.3 is 13.2 Å². The molecule has 0 aliphatic carbocycles. The van der Waals surface area contributed by atoms with Crippen molar-refractivity contribution in [3.05, 3.63) is 58.7 Å². The monoisotopic (exact) mass is 338 g/mol. The van der Waals surface area contributed by atoms with Crippen molar-refractivity contribution < 1.29 is 27.0 Å². The molecule has 0 radical (unpaired) electrons. The van der Waals surface area contributed by atoms with Gasteiger partial charge in [-0.2, -0.15) is 17.6 Å².